The molecule has 17 heavy (non-hydrogen) atoms. The summed E-state index contributed by atoms with van der Waals surface area (Å²) in [5.74, 6) is 0. The average molecular weight is 242 g/mol. The molecule has 0 aliphatic carbocycles. The molecule has 100 valence electrons. The van der Waals surface area contributed by atoms with Crippen LogP contribution >= 0.6 is 0 Å². The second-order valence-corrected chi connectivity index (χ2v) is 2.69. The van der Waals surface area contributed by atoms with Crippen molar-refractivity contribution < 1.29 is 10.0 Å². The standard InChI is InChI=1S/C9H14.C2H6N2O2.C2H6/c1-4-7-9(6-3)8-5-2;1-4(6)2(3)5;1-2/h4-5,7-8H,1,6H2,2-3H3;6H,1H3,(H2,3,5);1-2H3/b8-5-,9-7-;;. The lowest BCUT2D eigenvalue weighted by Crippen LogP contribution is -2.28. The van der Waals surface area contributed by atoms with Crippen molar-refractivity contribution >= 4 is 6.03 Å². The van der Waals surface area contributed by atoms with E-state index in [2.05, 4.69) is 25.3 Å². The lowest BCUT2D eigenvalue weighted by molar-refractivity contribution is -0.0140. The minimum atomic E-state index is -0.852. The predicted octanol–water partition coefficient (Wildman–Crippen LogP) is 3.50. The summed E-state index contributed by atoms with van der Waals surface area (Å²) in [6, 6.07) is -0.852. The van der Waals surface area contributed by atoms with Gasteiger partial charge in [-0.15, -0.1) is 0 Å². The fraction of sp³-hybridized carbons (Fsp3) is 0.462. The molecular weight excluding hydrogens is 216 g/mol. The third-order valence-electron chi connectivity index (χ3n) is 1.44. The molecule has 0 aromatic carbocycles. The summed E-state index contributed by atoms with van der Waals surface area (Å²) in [7, 11) is 1.16. The van der Waals surface area contributed by atoms with Gasteiger partial charge < -0.3 is 5.73 Å². The number of primary amides is 1. The topological polar surface area (TPSA) is 66.6 Å². The van der Waals surface area contributed by atoms with E-state index in [1.807, 2.05) is 39.0 Å². The van der Waals surface area contributed by atoms with Gasteiger partial charge in [0.05, 0.1) is 0 Å². The first kappa shape index (κ1) is 20.8. The molecule has 3 N–H and O–H groups in total. The summed E-state index contributed by atoms with van der Waals surface area (Å²) in [5.41, 5.74) is 5.80. The number of nitrogens with two attached hydrogens (primary N) is 1. The molecule has 0 bridgehead atoms. The highest BCUT2D eigenvalue weighted by atomic mass is 16.5. The van der Waals surface area contributed by atoms with Crippen LogP contribution < -0.4 is 5.73 Å². The summed E-state index contributed by atoms with van der Waals surface area (Å²) in [5, 5.41) is 8.29. The first-order chi connectivity index (χ1) is 7.99. The minimum absolute atomic E-state index is 0.306. The third-order valence-corrected chi connectivity index (χ3v) is 1.44. The Hall–Kier alpha value is -1.55. The number of hydrogen-bond donors (Lipinski definition) is 2. The monoisotopic (exact) mass is 242 g/mol. The number of amides is 2. The highest BCUT2D eigenvalue weighted by molar-refractivity contribution is 5.70. The normalized spacial score (nSPS) is 9.65. The van der Waals surface area contributed by atoms with Crippen LogP contribution in [0.3, 0.4) is 0 Å². The van der Waals surface area contributed by atoms with Crippen molar-refractivity contribution in [3.8, 4) is 0 Å². The van der Waals surface area contributed by atoms with E-state index < -0.39 is 6.03 Å². The molecule has 0 aliphatic heterocycles. The van der Waals surface area contributed by atoms with E-state index in [9.17, 15) is 4.79 Å². The van der Waals surface area contributed by atoms with Gasteiger partial charge in [-0.25, -0.2) is 9.86 Å². The van der Waals surface area contributed by atoms with Crippen LogP contribution in [0, 0.1) is 0 Å². The molecule has 0 aromatic rings. The van der Waals surface area contributed by atoms with Crippen molar-refractivity contribution in [1.82, 2.24) is 5.06 Å². The van der Waals surface area contributed by atoms with Gasteiger partial charge in [0.2, 0.25) is 0 Å². The molecule has 0 atom stereocenters. The molecule has 0 radical (unpaired) electrons. The summed E-state index contributed by atoms with van der Waals surface area (Å²) in [4.78, 5) is 9.60. The van der Waals surface area contributed by atoms with E-state index in [0.29, 0.717) is 5.06 Å². The zero-order valence-corrected chi connectivity index (χ0v) is 11.6. The highest BCUT2D eigenvalue weighted by Crippen LogP contribution is 2.01. The molecule has 0 aromatic heterocycles. The van der Waals surface area contributed by atoms with E-state index in [-0.39, 0.29) is 0 Å². The fourth-order valence-electron chi connectivity index (χ4n) is 0.657. The van der Waals surface area contributed by atoms with Crippen molar-refractivity contribution in [1.29, 1.82) is 0 Å². The van der Waals surface area contributed by atoms with E-state index in [4.69, 9.17) is 5.21 Å². The van der Waals surface area contributed by atoms with Gasteiger partial charge >= 0.3 is 6.03 Å². The lowest BCUT2D eigenvalue weighted by Gasteiger charge is -1.99. The highest BCUT2D eigenvalue weighted by Gasteiger charge is 1.91. The summed E-state index contributed by atoms with van der Waals surface area (Å²) < 4.78 is 0. The maximum atomic E-state index is 9.60. The zero-order valence-electron chi connectivity index (χ0n) is 11.6. The van der Waals surface area contributed by atoms with Crippen LogP contribution in [0.15, 0.2) is 36.5 Å². The third kappa shape index (κ3) is 20.5. The number of hydroxylamine groups is 2. The second kappa shape index (κ2) is 16.9. The first-order valence-corrected chi connectivity index (χ1v) is 5.65. The van der Waals surface area contributed by atoms with Gasteiger partial charge in [0.15, 0.2) is 0 Å². The number of carbonyl (C=O) groups is 1. The van der Waals surface area contributed by atoms with Crippen LogP contribution in [0.2, 0.25) is 0 Å². The van der Waals surface area contributed by atoms with Gasteiger partial charge in [-0.1, -0.05) is 51.7 Å². The van der Waals surface area contributed by atoms with Crippen LogP contribution in [0.5, 0.6) is 0 Å². The molecule has 0 spiro atoms. The fourth-order valence-corrected chi connectivity index (χ4v) is 0.657. The number of urea groups is 1. The molecule has 0 rings (SSSR count). The number of rotatable bonds is 3. The van der Waals surface area contributed by atoms with Gasteiger partial charge in [-0.3, -0.25) is 5.21 Å². The van der Waals surface area contributed by atoms with E-state index >= 15 is 0 Å². The smallest absolute Gasteiger partial charge is 0.338 e. The van der Waals surface area contributed by atoms with Crippen molar-refractivity contribution in [2.75, 3.05) is 7.05 Å². The lowest BCUT2D eigenvalue weighted by atomic mass is 10.2. The molecule has 0 aliphatic rings. The molecule has 4 nitrogen and oxygen atoms in total. The number of carbonyl (C=O) groups excluding carboxylic acids is 1. The Balaban J connectivity index is -0.000000213. The largest absolute Gasteiger partial charge is 0.350 e. The Morgan fingerprint density at radius 3 is 2.06 bits per heavy atom. The Morgan fingerprint density at radius 1 is 1.47 bits per heavy atom. The van der Waals surface area contributed by atoms with Gasteiger partial charge in [0.25, 0.3) is 0 Å². The minimum Gasteiger partial charge on any atom is -0.350 e. The van der Waals surface area contributed by atoms with Crippen molar-refractivity contribution in [2.24, 2.45) is 5.73 Å². The molecule has 4 heteroatoms. The SMILES string of the molecule is C=C/C=C(\C=C/C)CC.CC.CN(O)C(N)=O. The second-order valence-electron chi connectivity index (χ2n) is 2.69. The van der Waals surface area contributed by atoms with Crippen molar-refractivity contribution in [3.05, 3.63) is 36.5 Å². The van der Waals surface area contributed by atoms with Crippen LogP contribution in [-0.2, 0) is 0 Å². The maximum absolute atomic E-state index is 9.60. The van der Waals surface area contributed by atoms with Crippen LogP contribution in [0.4, 0.5) is 4.79 Å². The Bertz CT molecular complexity index is 244. The summed E-state index contributed by atoms with van der Waals surface area (Å²) in [6.07, 6.45) is 9.07. The molecule has 0 fully saturated rings. The number of hydrogen-bond acceptors (Lipinski definition) is 2. The summed E-state index contributed by atoms with van der Waals surface area (Å²) >= 11 is 0. The van der Waals surface area contributed by atoms with Crippen LogP contribution in [-0.4, -0.2) is 23.3 Å². The quantitative estimate of drug-likeness (QED) is 0.452. The van der Waals surface area contributed by atoms with Gasteiger partial charge in [-0.05, 0) is 18.9 Å². The zero-order chi connectivity index (χ0) is 14.3. The maximum Gasteiger partial charge on any atom is 0.338 e. The average Bonchev–Trinajstić information content (AvgIpc) is 2.32. The van der Waals surface area contributed by atoms with E-state index in [1.54, 1.807) is 0 Å². The van der Waals surface area contributed by atoms with Gasteiger partial charge in [0, 0.05) is 7.05 Å². The Morgan fingerprint density at radius 2 is 1.88 bits per heavy atom. The van der Waals surface area contributed by atoms with Gasteiger partial charge in [0.1, 0.15) is 0 Å². The molecule has 0 saturated heterocycles. The van der Waals surface area contributed by atoms with Crippen LogP contribution in [0.1, 0.15) is 34.1 Å². The van der Waals surface area contributed by atoms with E-state index in [0.717, 1.165) is 13.5 Å². The first-order valence-electron chi connectivity index (χ1n) is 5.65. The number of allylic oxidation sites excluding steroid dienone is 5. The Kier molecular flexibility index (Phi) is 20.6. The number of nitrogens with zero attached hydrogens (tertiary/aromatic N) is 1. The van der Waals surface area contributed by atoms with Crippen LogP contribution in [0.25, 0.3) is 0 Å². The molecule has 0 heterocycles. The Labute approximate surface area is 105 Å². The van der Waals surface area contributed by atoms with E-state index in [1.165, 1.54) is 5.57 Å². The molecular formula is C13H26N2O2. The van der Waals surface area contributed by atoms with Gasteiger partial charge in [-0.2, -0.15) is 0 Å². The molecule has 0 saturated carbocycles. The molecule has 2 amide bonds. The molecule has 0 unspecified atom stereocenters. The summed E-state index contributed by atoms with van der Waals surface area (Å²) in [6.45, 7) is 11.8. The predicted molar refractivity (Wildman–Crippen MR) is 73.9 cm³/mol. The van der Waals surface area contributed by atoms with Crippen molar-refractivity contribution in [3.63, 3.8) is 0 Å². The van der Waals surface area contributed by atoms with Crippen molar-refractivity contribution in [2.45, 2.75) is 34.1 Å².